The number of rotatable bonds is 8. The molecule has 7 heteroatoms. The van der Waals surface area contributed by atoms with Crippen LogP contribution in [0.5, 0.6) is 5.75 Å². The highest BCUT2D eigenvalue weighted by Crippen LogP contribution is 2.18. The zero-order valence-electron chi connectivity index (χ0n) is 17.7. The maximum Gasteiger partial charge on any atom is 0.261 e. The number of hydrogen-bond donors (Lipinski definition) is 1. The van der Waals surface area contributed by atoms with Crippen molar-refractivity contribution in [3.8, 4) is 5.75 Å². The van der Waals surface area contributed by atoms with Gasteiger partial charge in [-0.15, -0.1) is 0 Å². The van der Waals surface area contributed by atoms with Gasteiger partial charge in [-0.2, -0.15) is 0 Å². The zero-order chi connectivity index (χ0) is 22.3. The molecular formula is C23H28ClFN2O3. The van der Waals surface area contributed by atoms with Crippen molar-refractivity contribution >= 4 is 23.4 Å². The molecule has 2 amide bonds. The number of carbonyl (C=O) groups is 2. The van der Waals surface area contributed by atoms with E-state index in [1.165, 1.54) is 17.0 Å². The van der Waals surface area contributed by atoms with Gasteiger partial charge in [0.05, 0.1) is 0 Å². The highest BCUT2D eigenvalue weighted by atomic mass is 35.5. The SMILES string of the molecule is CC[C@@H](C(=O)NC(C)(C)C)N(Cc1ccc(F)cc1)C(=O)COc1ccc(Cl)cc1. The second kappa shape index (κ2) is 10.4. The van der Waals surface area contributed by atoms with Gasteiger partial charge in [-0.05, 0) is 69.2 Å². The van der Waals surface area contributed by atoms with E-state index in [0.29, 0.717) is 17.2 Å². The monoisotopic (exact) mass is 434 g/mol. The van der Waals surface area contributed by atoms with Crippen LogP contribution in [-0.4, -0.2) is 34.9 Å². The van der Waals surface area contributed by atoms with Crippen LogP contribution in [0.15, 0.2) is 48.5 Å². The minimum absolute atomic E-state index is 0.166. The molecule has 0 spiro atoms. The molecule has 2 aromatic rings. The van der Waals surface area contributed by atoms with Crippen molar-refractivity contribution in [2.45, 2.75) is 52.2 Å². The molecule has 1 N–H and O–H groups in total. The van der Waals surface area contributed by atoms with Gasteiger partial charge in [0.25, 0.3) is 5.91 Å². The summed E-state index contributed by atoms with van der Waals surface area (Å²) in [4.78, 5) is 27.4. The summed E-state index contributed by atoms with van der Waals surface area (Å²) >= 11 is 5.87. The Bertz CT molecular complexity index is 848. The van der Waals surface area contributed by atoms with Gasteiger partial charge in [0.1, 0.15) is 17.6 Å². The van der Waals surface area contributed by atoms with E-state index in [2.05, 4.69) is 5.32 Å². The van der Waals surface area contributed by atoms with Crippen LogP contribution in [0.2, 0.25) is 5.02 Å². The lowest BCUT2D eigenvalue weighted by molar-refractivity contribution is -0.143. The van der Waals surface area contributed by atoms with E-state index in [1.807, 2.05) is 27.7 Å². The second-order valence-electron chi connectivity index (χ2n) is 8.05. The van der Waals surface area contributed by atoms with E-state index in [9.17, 15) is 14.0 Å². The molecule has 2 rings (SSSR count). The Morgan fingerprint density at radius 3 is 2.23 bits per heavy atom. The average Bonchev–Trinajstić information content (AvgIpc) is 2.67. The van der Waals surface area contributed by atoms with Gasteiger partial charge in [-0.1, -0.05) is 30.7 Å². The highest BCUT2D eigenvalue weighted by Gasteiger charge is 2.30. The van der Waals surface area contributed by atoms with Crippen molar-refractivity contribution in [3.05, 3.63) is 64.9 Å². The van der Waals surface area contributed by atoms with E-state index >= 15 is 0 Å². The Morgan fingerprint density at radius 2 is 1.70 bits per heavy atom. The molecule has 0 aliphatic carbocycles. The third-order valence-corrected chi connectivity index (χ3v) is 4.58. The molecule has 0 aliphatic rings. The summed E-state index contributed by atoms with van der Waals surface area (Å²) in [7, 11) is 0. The number of benzene rings is 2. The fourth-order valence-corrected chi connectivity index (χ4v) is 3.04. The van der Waals surface area contributed by atoms with Crippen LogP contribution in [0.3, 0.4) is 0 Å². The molecule has 1 atom stereocenters. The second-order valence-corrected chi connectivity index (χ2v) is 8.49. The number of nitrogens with zero attached hydrogens (tertiary/aromatic N) is 1. The first-order chi connectivity index (χ1) is 14.1. The fraction of sp³-hybridized carbons (Fsp3) is 0.391. The number of nitrogens with one attached hydrogen (secondary N) is 1. The van der Waals surface area contributed by atoms with Crippen LogP contribution in [0.1, 0.15) is 39.7 Å². The summed E-state index contributed by atoms with van der Waals surface area (Å²) in [6.07, 6.45) is 0.426. The Kier molecular flexibility index (Phi) is 8.24. The van der Waals surface area contributed by atoms with E-state index in [4.69, 9.17) is 16.3 Å². The summed E-state index contributed by atoms with van der Waals surface area (Å²) in [5.74, 6) is -0.445. The van der Waals surface area contributed by atoms with Crippen LogP contribution in [0, 0.1) is 5.82 Å². The van der Waals surface area contributed by atoms with E-state index in [-0.39, 0.29) is 30.8 Å². The molecule has 0 aromatic heterocycles. The summed E-state index contributed by atoms with van der Waals surface area (Å²) in [5.41, 5.74) is 0.285. The fourth-order valence-electron chi connectivity index (χ4n) is 2.92. The first-order valence-electron chi connectivity index (χ1n) is 9.83. The van der Waals surface area contributed by atoms with Gasteiger partial charge in [0, 0.05) is 17.1 Å². The van der Waals surface area contributed by atoms with Crippen molar-refractivity contribution in [2.75, 3.05) is 6.61 Å². The first-order valence-corrected chi connectivity index (χ1v) is 10.2. The summed E-state index contributed by atoms with van der Waals surface area (Å²) in [6.45, 7) is 7.42. The van der Waals surface area contributed by atoms with Crippen molar-refractivity contribution in [3.63, 3.8) is 0 Å². The first kappa shape index (κ1) is 23.7. The topological polar surface area (TPSA) is 58.6 Å². The lowest BCUT2D eigenvalue weighted by Crippen LogP contribution is -2.54. The Hall–Kier alpha value is -2.60. The zero-order valence-corrected chi connectivity index (χ0v) is 18.5. The quantitative estimate of drug-likeness (QED) is 0.661. The van der Waals surface area contributed by atoms with Crippen LogP contribution in [0.4, 0.5) is 4.39 Å². The molecule has 0 saturated carbocycles. The lowest BCUT2D eigenvalue weighted by Gasteiger charge is -2.33. The van der Waals surface area contributed by atoms with Crippen LogP contribution >= 0.6 is 11.6 Å². The van der Waals surface area contributed by atoms with Gasteiger partial charge in [-0.25, -0.2) is 4.39 Å². The number of carbonyl (C=O) groups excluding carboxylic acids is 2. The Labute approximate surface area is 182 Å². The maximum absolute atomic E-state index is 13.3. The molecule has 0 saturated heterocycles. The van der Waals surface area contributed by atoms with E-state index < -0.39 is 11.6 Å². The van der Waals surface area contributed by atoms with Crippen LogP contribution < -0.4 is 10.1 Å². The van der Waals surface area contributed by atoms with Gasteiger partial charge in [0.2, 0.25) is 5.91 Å². The number of ether oxygens (including phenoxy) is 1. The number of halogens is 2. The van der Waals surface area contributed by atoms with Crippen molar-refractivity contribution in [1.82, 2.24) is 10.2 Å². The van der Waals surface area contributed by atoms with Gasteiger partial charge in [0.15, 0.2) is 6.61 Å². The van der Waals surface area contributed by atoms with Gasteiger partial charge < -0.3 is 15.0 Å². The normalized spacial score (nSPS) is 12.2. The molecule has 0 heterocycles. The predicted octanol–water partition coefficient (Wildman–Crippen LogP) is 4.58. The van der Waals surface area contributed by atoms with E-state index in [0.717, 1.165) is 5.56 Å². The van der Waals surface area contributed by atoms with Crippen LogP contribution in [0.25, 0.3) is 0 Å². The third kappa shape index (κ3) is 7.34. The summed E-state index contributed by atoms with van der Waals surface area (Å²) < 4.78 is 18.9. The largest absolute Gasteiger partial charge is 0.484 e. The predicted molar refractivity (Wildman–Crippen MR) is 116 cm³/mol. The molecule has 5 nitrogen and oxygen atoms in total. The minimum Gasteiger partial charge on any atom is -0.484 e. The summed E-state index contributed by atoms with van der Waals surface area (Å²) in [5, 5.41) is 3.50. The van der Waals surface area contributed by atoms with Gasteiger partial charge in [-0.3, -0.25) is 9.59 Å². The Morgan fingerprint density at radius 1 is 1.10 bits per heavy atom. The standard InChI is InChI=1S/C23H28ClFN2O3/c1-5-20(22(29)26-23(2,3)4)27(14-16-6-10-18(25)11-7-16)21(28)15-30-19-12-8-17(24)9-13-19/h6-13,20H,5,14-15H2,1-4H3,(H,26,29)/t20-/m0/s1. The minimum atomic E-state index is -0.685. The molecule has 0 unspecified atom stereocenters. The average molecular weight is 435 g/mol. The Balaban J connectivity index is 2.21. The molecule has 2 aromatic carbocycles. The third-order valence-electron chi connectivity index (χ3n) is 4.33. The highest BCUT2D eigenvalue weighted by molar-refractivity contribution is 6.30. The molecular weight excluding hydrogens is 407 g/mol. The smallest absolute Gasteiger partial charge is 0.261 e. The molecule has 0 aliphatic heterocycles. The van der Waals surface area contributed by atoms with E-state index in [1.54, 1.807) is 36.4 Å². The molecule has 162 valence electrons. The molecule has 0 bridgehead atoms. The summed E-state index contributed by atoms with van der Waals surface area (Å²) in [6, 6.07) is 11.9. The number of amides is 2. The van der Waals surface area contributed by atoms with Crippen molar-refractivity contribution < 1.29 is 18.7 Å². The van der Waals surface area contributed by atoms with Crippen molar-refractivity contribution in [1.29, 1.82) is 0 Å². The van der Waals surface area contributed by atoms with Crippen LogP contribution in [-0.2, 0) is 16.1 Å². The molecule has 30 heavy (non-hydrogen) atoms. The molecule has 0 fully saturated rings. The number of hydrogen-bond acceptors (Lipinski definition) is 3. The maximum atomic E-state index is 13.3. The van der Waals surface area contributed by atoms with Crippen molar-refractivity contribution in [2.24, 2.45) is 0 Å². The van der Waals surface area contributed by atoms with Gasteiger partial charge >= 0.3 is 0 Å². The lowest BCUT2D eigenvalue weighted by atomic mass is 10.1. The molecule has 0 radical (unpaired) electrons.